The molecule has 0 aliphatic carbocycles. The summed E-state index contributed by atoms with van der Waals surface area (Å²) in [5, 5.41) is 14.5. The fourth-order valence-corrected chi connectivity index (χ4v) is 14.2. The Bertz CT molecular complexity index is 2410. The number of rotatable bonds is 62. The lowest BCUT2D eigenvalue weighted by Gasteiger charge is -2.45. The molecule has 7 atom stereocenters. The predicted octanol–water partition coefficient (Wildman–Crippen LogP) is 21.8. The van der Waals surface area contributed by atoms with E-state index in [4.69, 9.17) is 37.3 Å². The van der Waals surface area contributed by atoms with E-state index >= 15 is 14.2 Å². The van der Waals surface area contributed by atoms with Gasteiger partial charge in [0.15, 0.2) is 12.4 Å². The molecule has 97 heavy (non-hydrogen) atoms. The highest BCUT2D eigenvalue weighted by atomic mass is 31.2. The van der Waals surface area contributed by atoms with Gasteiger partial charge in [-0.05, 0) is 68.4 Å². The molecule has 1 amide bonds. The molecular weight excluding hydrogens is 1240 g/mol. The molecule has 15 nitrogen and oxygen atoms in total. The second kappa shape index (κ2) is 55.9. The number of hydrogen-bond donors (Lipinski definition) is 2. The summed E-state index contributed by atoms with van der Waals surface area (Å²) in [5.74, 6) is -1.84. The van der Waals surface area contributed by atoms with E-state index in [0.717, 1.165) is 95.5 Å². The van der Waals surface area contributed by atoms with Gasteiger partial charge >= 0.3 is 25.7 Å². The van der Waals surface area contributed by atoms with Gasteiger partial charge < -0.3 is 43.2 Å². The number of amides is 1. The van der Waals surface area contributed by atoms with E-state index in [0.29, 0.717) is 32.1 Å². The zero-order chi connectivity index (χ0) is 69.5. The van der Waals surface area contributed by atoms with Crippen molar-refractivity contribution in [3.63, 3.8) is 0 Å². The average Bonchev–Trinajstić information content (AvgIpc) is 0.803. The highest BCUT2D eigenvalue weighted by Gasteiger charge is 2.54. The van der Waals surface area contributed by atoms with Gasteiger partial charge in [0.1, 0.15) is 42.0 Å². The summed E-state index contributed by atoms with van der Waals surface area (Å²) in [4.78, 5) is 57.7. The Hall–Kier alpha value is -4.79. The van der Waals surface area contributed by atoms with Crippen molar-refractivity contribution < 1.29 is 66.1 Å². The van der Waals surface area contributed by atoms with Gasteiger partial charge in [0.05, 0.1) is 26.1 Å². The normalized spacial score (nSPS) is 16.9. The third-order valence-electron chi connectivity index (χ3n) is 18.5. The fraction of sp³-hybridized carbons (Fsp3) is 0.728. The standard InChI is InChI=1S/C81H132NO14P/c1-5-9-13-17-21-25-27-31-35-39-52-62-75(85)90-71(60-46-37-33-29-23-19-15-11-7-3)64-74(84)82-78-80(93-77(87)65-72(61-47-38-34-30-24-20-16-12-8-4)91-76(86)63-53-40-36-32-28-26-22-18-14-10-6-2)79(73(66-83)92-81(78)89-67-68-54-44-41-45-55-68)96-97(88,94-69-56-48-42-49-57-69)95-70-58-50-43-51-59-70/h41-45,48-51,54-59,71-73,78-81,83H,5-40,46-47,52-53,60-67H2,1-4H3,(H,82,84)/t71-,72-,73-,78-,79-,80-,81-/m1/s1. The maximum atomic E-state index is 15.5. The molecule has 4 rings (SSSR count). The number of carbonyl (C=O) groups excluding carboxylic acids is 4. The molecule has 16 heteroatoms. The molecule has 550 valence electrons. The Labute approximate surface area is 587 Å². The summed E-state index contributed by atoms with van der Waals surface area (Å²) in [6, 6.07) is 24.6. The van der Waals surface area contributed by atoms with Gasteiger partial charge in [-0.2, -0.15) is 0 Å². The quantitative estimate of drug-likeness (QED) is 0.0235. The summed E-state index contributed by atoms with van der Waals surface area (Å²) < 4.78 is 66.6. The van der Waals surface area contributed by atoms with Crippen LogP contribution >= 0.6 is 7.82 Å². The number of para-hydroxylation sites is 2. The van der Waals surface area contributed by atoms with Crippen molar-refractivity contribution in [1.29, 1.82) is 0 Å². The molecule has 0 spiro atoms. The molecule has 3 aromatic carbocycles. The number of aliphatic hydroxyl groups excluding tert-OH is 1. The van der Waals surface area contributed by atoms with Gasteiger partial charge in [0.25, 0.3) is 0 Å². The van der Waals surface area contributed by atoms with Gasteiger partial charge in [0, 0.05) is 12.8 Å². The van der Waals surface area contributed by atoms with E-state index in [1.165, 1.54) is 148 Å². The van der Waals surface area contributed by atoms with Crippen LogP contribution in [-0.4, -0.2) is 78.4 Å². The predicted molar refractivity (Wildman–Crippen MR) is 390 cm³/mol. The topological polar surface area (TPSA) is 191 Å². The van der Waals surface area contributed by atoms with E-state index in [-0.39, 0.29) is 55.7 Å². The van der Waals surface area contributed by atoms with Crippen molar-refractivity contribution in [1.82, 2.24) is 5.32 Å². The first-order chi connectivity index (χ1) is 47.5. The molecular formula is C81H132NO14P. The van der Waals surface area contributed by atoms with Crippen LogP contribution in [0.5, 0.6) is 11.5 Å². The Balaban J connectivity index is 1.68. The first-order valence-electron chi connectivity index (χ1n) is 39.1. The fourth-order valence-electron chi connectivity index (χ4n) is 12.8. The van der Waals surface area contributed by atoms with Gasteiger partial charge in [0.2, 0.25) is 5.91 Å². The average molecular weight is 1370 g/mol. The molecule has 0 radical (unpaired) electrons. The monoisotopic (exact) mass is 1370 g/mol. The number of esters is 3. The minimum Gasteiger partial charge on any atom is -0.462 e. The van der Waals surface area contributed by atoms with E-state index in [1.807, 2.05) is 30.3 Å². The van der Waals surface area contributed by atoms with Crippen molar-refractivity contribution in [2.45, 2.75) is 373 Å². The lowest BCUT2D eigenvalue weighted by molar-refractivity contribution is -0.274. The molecule has 0 bridgehead atoms. The summed E-state index contributed by atoms with van der Waals surface area (Å²) >= 11 is 0. The smallest absolute Gasteiger partial charge is 0.462 e. The number of nitrogens with one attached hydrogen (secondary N) is 1. The summed E-state index contributed by atoms with van der Waals surface area (Å²) in [6.07, 6.45) is 37.8. The zero-order valence-electron chi connectivity index (χ0n) is 60.8. The van der Waals surface area contributed by atoms with E-state index < -0.39 is 69.2 Å². The Kier molecular flexibility index (Phi) is 48.8. The van der Waals surface area contributed by atoms with Crippen molar-refractivity contribution in [3.8, 4) is 11.5 Å². The molecule has 0 unspecified atom stereocenters. The molecule has 0 aromatic heterocycles. The van der Waals surface area contributed by atoms with Gasteiger partial charge in [-0.1, -0.05) is 326 Å². The number of aliphatic hydroxyl groups is 1. The number of hydrogen-bond acceptors (Lipinski definition) is 14. The Morgan fingerprint density at radius 2 is 0.794 bits per heavy atom. The maximum Gasteiger partial charge on any atom is 0.588 e. The molecule has 0 saturated carbocycles. The van der Waals surface area contributed by atoms with Crippen LogP contribution in [0.1, 0.15) is 329 Å². The van der Waals surface area contributed by atoms with Gasteiger partial charge in [-0.15, -0.1) is 0 Å². The molecule has 1 heterocycles. The highest BCUT2D eigenvalue weighted by Crippen LogP contribution is 2.52. The highest BCUT2D eigenvalue weighted by molar-refractivity contribution is 7.49. The second-order valence-corrected chi connectivity index (χ2v) is 28.8. The lowest BCUT2D eigenvalue weighted by atomic mass is 9.95. The largest absolute Gasteiger partial charge is 0.588 e. The maximum absolute atomic E-state index is 15.5. The number of benzene rings is 3. The van der Waals surface area contributed by atoms with Crippen LogP contribution in [-0.2, 0) is 58.6 Å². The van der Waals surface area contributed by atoms with Crippen molar-refractivity contribution >= 4 is 31.6 Å². The van der Waals surface area contributed by atoms with Crippen molar-refractivity contribution in [2.24, 2.45) is 0 Å². The van der Waals surface area contributed by atoms with Crippen LogP contribution in [0.15, 0.2) is 91.0 Å². The zero-order valence-corrected chi connectivity index (χ0v) is 61.7. The number of phosphoric acid groups is 1. The van der Waals surface area contributed by atoms with Crippen molar-refractivity contribution in [3.05, 3.63) is 96.6 Å². The minimum atomic E-state index is -4.87. The van der Waals surface area contributed by atoms with E-state index in [2.05, 4.69) is 33.0 Å². The number of phosphoric ester groups is 1. The lowest BCUT2D eigenvalue weighted by Crippen LogP contribution is -2.66. The molecule has 1 saturated heterocycles. The van der Waals surface area contributed by atoms with Crippen LogP contribution < -0.4 is 14.4 Å². The summed E-state index contributed by atoms with van der Waals surface area (Å²) in [7, 11) is -4.87. The van der Waals surface area contributed by atoms with E-state index in [9.17, 15) is 14.7 Å². The molecule has 1 aliphatic rings. The molecule has 1 fully saturated rings. The van der Waals surface area contributed by atoms with Crippen molar-refractivity contribution in [2.75, 3.05) is 6.61 Å². The van der Waals surface area contributed by atoms with Crippen LogP contribution in [0.3, 0.4) is 0 Å². The first-order valence-corrected chi connectivity index (χ1v) is 40.5. The SMILES string of the molecule is CCCCCCCCCCCCCC(=O)O[C@H](CCCCCCCCCCC)CC(=O)N[C@H]1[C@H](OCc2ccccc2)O[C@H](CO)[C@@H](OP(=O)(Oc2ccccc2)Oc2ccccc2)[C@@H]1OC(=O)C[C@@H](CCCCCCCCCCC)OC(=O)CCCCCCCCCCCCC. The minimum absolute atomic E-state index is 0.0251. The Morgan fingerprint density at radius 1 is 0.443 bits per heavy atom. The number of ether oxygens (including phenoxy) is 5. The van der Waals surface area contributed by atoms with Crippen LogP contribution in [0.2, 0.25) is 0 Å². The summed E-state index contributed by atoms with van der Waals surface area (Å²) in [5.41, 5.74) is 0.765. The number of carbonyl (C=O) groups is 4. The van der Waals surface area contributed by atoms with Crippen LogP contribution in [0.4, 0.5) is 0 Å². The third-order valence-corrected chi connectivity index (χ3v) is 19.9. The molecule has 1 aliphatic heterocycles. The first kappa shape index (κ1) is 84.6. The molecule has 2 N–H and O–H groups in total. The van der Waals surface area contributed by atoms with Crippen LogP contribution in [0.25, 0.3) is 0 Å². The Morgan fingerprint density at radius 3 is 1.18 bits per heavy atom. The van der Waals surface area contributed by atoms with Gasteiger partial charge in [-0.3, -0.25) is 23.7 Å². The second-order valence-electron chi connectivity index (χ2n) is 27.3. The van der Waals surface area contributed by atoms with E-state index in [1.54, 1.807) is 60.7 Å². The summed E-state index contributed by atoms with van der Waals surface area (Å²) in [6.45, 7) is 8.13. The molecule has 3 aromatic rings. The van der Waals surface area contributed by atoms with Gasteiger partial charge in [-0.25, -0.2) is 4.57 Å². The third kappa shape index (κ3) is 40.9. The number of unbranched alkanes of at least 4 members (excludes halogenated alkanes) is 36. The van der Waals surface area contributed by atoms with Crippen LogP contribution in [0, 0.1) is 0 Å².